The molecule has 1 aliphatic carbocycles. The second kappa shape index (κ2) is 10.0. The first-order valence-corrected chi connectivity index (χ1v) is 14.5. The topological polar surface area (TPSA) is 79.5 Å². The highest BCUT2D eigenvalue weighted by Gasteiger charge is 2.38. The number of rotatable bonds is 4. The number of thiazole rings is 1. The fourth-order valence-corrected chi connectivity index (χ4v) is 7.16. The summed E-state index contributed by atoms with van der Waals surface area (Å²) in [4.78, 5) is 14.4. The maximum absolute atomic E-state index is 13.3. The quantitative estimate of drug-likeness (QED) is 0.159. The maximum atomic E-state index is 13.3. The number of azo groups is 1. The Morgan fingerprint density at radius 2 is 1.60 bits per heavy atom. The van der Waals surface area contributed by atoms with Crippen LogP contribution in [0, 0.1) is 3.95 Å². The summed E-state index contributed by atoms with van der Waals surface area (Å²) in [7, 11) is 0. The normalized spacial score (nSPS) is 16.0. The van der Waals surface area contributed by atoms with Gasteiger partial charge in [-0.1, -0.05) is 53.5 Å². The number of halogens is 2. The second-order valence-corrected chi connectivity index (χ2v) is 12.0. The summed E-state index contributed by atoms with van der Waals surface area (Å²) in [6, 6.07) is 24.5. The minimum Gasteiger partial charge on any atom is -0.342 e. The number of hydrogen-bond acceptors (Lipinski definition) is 6. The fraction of sp³-hybridized carbons (Fsp3) is 0.103. The van der Waals surface area contributed by atoms with Crippen molar-refractivity contribution in [1.82, 2.24) is 14.3 Å². The van der Waals surface area contributed by atoms with E-state index in [1.165, 1.54) is 5.69 Å². The minimum atomic E-state index is -0.339. The molecule has 5 aromatic rings. The summed E-state index contributed by atoms with van der Waals surface area (Å²) in [6.45, 7) is 0. The molecule has 0 fully saturated rings. The van der Waals surface area contributed by atoms with Crippen LogP contribution >= 0.6 is 46.8 Å². The van der Waals surface area contributed by atoms with E-state index in [4.69, 9.17) is 35.4 Å². The molecule has 7 rings (SSSR count). The second-order valence-electron chi connectivity index (χ2n) is 9.47. The Hall–Kier alpha value is -3.76. The molecule has 0 radical (unpaired) electrons. The van der Waals surface area contributed by atoms with Crippen molar-refractivity contribution >= 4 is 69.5 Å². The van der Waals surface area contributed by atoms with Crippen LogP contribution in [0.3, 0.4) is 0 Å². The van der Waals surface area contributed by atoms with E-state index < -0.39 is 0 Å². The zero-order valence-electron chi connectivity index (χ0n) is 20.8. The number of fused-ring (bicyclic) bond motifs is 3. The molecule has 0 saturated carbocycles. The summed E-state index contributed by atoms with van der Waals surface area (Å²) in [5, 5.41) is 16.4. The van der Waals surface area contributed by atoms with Gasteiger partial charge in [0.05, 0.1) is 10.6 Å². The lowest BCUT2D eigenvalue weighted by molar-refractivity contribution is 0.605. The van der Waals surface area contributed by atoms with Gasteiger partial charge in [0.2, 0.25) is 0 Å². The summed E-state index contributed by atoms with van der Waals surface area (Å²) >= 11 is 19.7. The molecule has 0 amide bonds. The Morgan fingerprint density at radius 3 is 2.33 bits per heavy atom. The van der Waals surface area contributed by atoms with Crippen LogP contribution in [-0.4, -0.2) is 14.3 Å². The molecule has 1 unspecified atom stereocenters. The Bertz CT molecular complexity index is 1930. The van der Waals surface area contributed by atoms with Gasteiger partial charge in [-0.3, -0.25) is 19.1 Å². The van der Waals surface area contributed by atoms with E-state index in [-0.39, 0.29) is 17.3 Å². The van der Waals surface area contributed by atoms with Gasteiger partial charge >= 0.3 is 0 Å². The van der Waals surface area contributed by atoms with Crippen molar-refractivity contribution in [1.29, 1.82) is 0 Å². The van der Waals surface area contributed by atoms with Gasteiger partial charge in [0.15, 0.2) is 15.5 Å². The molecular formula is C29H20Cl2N6OS2. The lowest BCUT2D eigenvalue weighted by Crippen LogP contribution is -2.27. The van der Waals surface area contributed by atoms with Crippen LogP contribution in [0.1, 0.15) is 28.6 Å². The minimum absolute atomic E-state index is 0.209. The Balaban J connectivity index is 1.40. The van der Waals surface area contributed by atoms with Crippen molar-refractivity contribution in [3.05, 3.63) is 125 Å². The Labute approximate surface area is 248 Å². The molecule has 2 aromatic heterocycles. The predicted molar refractivity (Wildman–Crippen MR) is 164 cm³/mol. The summed E-state index contributed by atoms with van der Waals surface area (Å²) in [5.74, 6) is 0.566. The molecule has 2 N–H and O–H groups in total. The maximum Gasteiger partial charge on any atom is 0.294 e. The number of nitrogens with zero attached hydrogens (tertiary/aromatic N) is 4. The van der Waals surface area contributed by atoms with E-state index >= 15 is 0 Å². The number of para-hydroxylation sites is 1. The highest BCUT2D eigenvalue weighted by Crippen LogP contribution is 2.49. The zero-order valence-corrected chi connectivity index (χ0v) is 23.9. The number of benzene rings is 3. The van der Waals surface area contributed by atoms with Crippen LogP contribution in [0.25, 0.3) is 11.3 Å². The van der Waals surface area contributed by atoms with Gasteiger partial charge in [-0.2, -0.15) is 5.11 Å². The van der Waals surface area contributed by atoms with Crippen molar-refractivity contribution in [2.45, 2.75) is 18.9 Å². The molecule has 0 bridgehead atoms. The van der Waals surface area contributed by atoms with Gasteiger partial charge in [0, 0.05) is 32.7 Å². The van der Waals surface area contributed by atoms with Crippen LogP contribution in [-0.2, 0) is 6.42 Å². The smallest absolute Gasteiger partial charge is 0.294 e. The molecule has 3 aromatic carbocycles. The molecule has 0 saturated heterocycles. The van der Waals surface area contributed by atoms with E-state index in [2.05, 4.69) is 37.3 Å². The molecule has 40 heavy (non-hydrogen) atoms. The Morgan fingerprint density at radius 1 is 0.900 bits per heavy atom. The third-order valence-electron chi connectivity index (χ3n) is 7.08. The predicted octanol–water partition coefficient (Wildman–Crippen LogP) is 8.85. The van der Waals surface area contributed by atoms with Crippen LogP contribution < -0.4 is 10.9 Å². The lowest BCUT2D eigenvalue weighted by atomic mass is 9.88. The molecule has 11 heteroatoms. The molecule has 7 nitrogen and oxygen atoms in total. The highest BCUT2D eigenvalue weighted by atomic mass is 35.5. The number of aromatic amines is 1. The van der Waals surface area contributed by atoms with E-state index in [1.54, 1.807) is 35.6 Å². The fourth-order valence-electron chi connectivity index (χ4n) is 5.31. The third kappa shape index (κ3) is 4.26. The monoisotopic (exact) mass is 602 g/mol. The Kier molecular flexibility index (Phi) is 6.31. The first kappa shape index (κ1) is 25.2. The molecule has 1 aliphatic heterocycles. The molecular weight excluding hydrogens is 583 g/mol. The van der Waals surface area contributed by atoms with Crippen LogP contribution in [0.5, 0.6) is 0 Å². The standard InChI is InChI=1S/C29H20Cl2N6OS2/c30-17-8-6-16(7-9-17)25-23-21(14-15-22-26(23)40-29(39)36(22)20-4-2-1-3-5-20)32-27-24(28(38)35-37(25)27)34-33-19-12-10-18(31)11-13-19/h1-13,25,32H,14-15H2,(H,35,38). The van der Waals surface area contributed by atoms with E-state index in [1.807, 2.05) is 47.1 Å². The van der Waals surface area contributed by atoms with Crippen LogP contribution in [0.15, 0.2) is 99.6 Å². The van der Waals surface area contributed by atoms with Crippen molar-refractivity contribution in [2.24, 2.45) is 10.2 Å². The third-order valence-corrected chi connectivity index (χ3v) is 9.03. The highest BCUT2D eigenvalue weighted by molar-refractivity contribution is 7.73. The van der Waals surface area contributed by atoms with Crippen molar-refractivity contribution in [3.8, 4) is 5.69 Å². The van der Waals surface area contributed by atoms with Crippen molar-refractivity contribution in [3.63, 3.8) is 0 Å². The number of allylic oxidation sites excluding steroid dienone is 2. The van der Waals surface area contributed by atoms with Crippen molar-refractivity contribution < 1.29 is 0 Å². The van der Waals surface area contributed by atoms with Gasteiger partial charge in [-0.15, -0.1) is 16.5 Å². The number of nitrogens with one attached hydrogen (secondary N) is 2. The number of H-pyrrole nitrogens is 1. The van der Waals surface area contributed by atoms with Crippen molar-refractivity contribution in [2.75, 3.05) is 5.32 Å². The summed E-state index contributed by atoms with van der Waals surface area (Å²) in [5.41, 5.74) is 5.76. The summed E-state index contributed by atoms with van der Waals surface area (Å²) < 4.78 is 4.78. The van der Waals surface area contributed by atoms with Gasteiger partial charge in [-0.05, 0) is 79.2 Å². The van der Waals surface area contributed by atoms with E-state index in [9.17, 15) is 4.79 Å². The number of aromatic nitrogens is 3. The molecule has 2 aliphatic rings. The number of hydrogen-bond donors (Lipinski definition) is 2. The zero-order chi connectivity index (χ0) is 27.4. The van der Waals surface area contributed by atoms with Crippen LogP contribution in [0.2, 0.25) is 10.0 Å². The first-order valence-electron chi connectivity index (χ1n) is 12.6. The SMILES string of the molecule is O=c1[nH]n2c(c1N=Nc1ccc(Cl)cc1)NC1=C(c3sc(=S)n(-c4ccccc4)c3CC1)C2c1ccc(Cl)cc1. The van der Waals surface area contributed by atoms with E-state index in [0.717, 1.165) is 44.2 Å². The van der Waals surface area contributed by atoms with Gasteiger partial charge in [0.25, 0.3) is 5.56 Å². The lowest BCUT2D eigenvalue weighted by Gasteiger charge is -2.34. The molecule has 0 spiro atoms. The average molecular weight is 604 g/mol. The number of anilines is 1. The van der Waals surface area contributed by atoms with Gasteiger partial charge < -0.3 is 5.32 Å². The molecule has 198 valence electrons. The summed E-state index contributed by atoms with van der Waals surface area (Å²) in [6.07, 6.45) is 1.55. The largest absolute Gasteiger partial charge is 0.342 e. The molecule has 3 heterocycles. The average Bonchev–Trinajstić information content (AvgIpc) is 3.47. The van der Waals surface area contributed by atoms with Gasteiger partial charge in [0.1, 0.15) is 6.04 Å². The van der Waals surface area contributed by atoms with Gasteiger partial charge in [-0.25, -0.2) is 0 Å². The van der Waals surface area contributed by atoms with E-state index in [0.29, 0.717) is 21.6 Å². The first-order chi connectivity index (χ1) is 19.5. The van der Waals surface area contributed by atoms with Crippen LogP contribution in [0.4, 0.5) is 17.2 Å². The molecule has 1 atom stereocenters.